The molecule has 1 N–H and O–H groups in total. The van der Waals surface area contributed by atoms with E-state index in [4.69, 9.17) is 0 Å². The molecule has 2 rings (SSSR count). The molecule has 110 valence electrons. The van der Waals surface area contributed by atoms with Crippen LogP contribution in [0, 0.1) is 5.92 Å². The fourth-order valence-electron chi connectivity index (χ4n) is 3.15. The van der Waals surface area contributed by atoms with Crippen LogP contribution < -0.4 is 5.32 Å². The lowest BCUT2D eigenvalue weighted by Crippen LogP contribution is -2.33. The van der Waals surface area contributed by atoms with Crippen LogP contribution in [0.25, 0.3) is 0 Å². The van der Waals surface area contributed by atoms with Gasteiger partial charge in [0.2, 0.25) is 0 Å². The number of carbonyl (C=O) groups excluding carboxylic acids is 1. The second kappa shape index (κ2) is 7.58. The van der Waals surface area contributed by atoms with Gasteiger partial charge < -0.3 is 5.32 Å². The highest BCUT2D eigenvalue weighted by Crippen LogP contribution is 2.28. The van der Waals surface area contributed by atoms with Gasteiger partial charge in [-0.05, 0) is 17.0 Å². The van der Waals surface area contributed by atoms with Crippen LogP contribution in [0.3, 0.4) is 0 Å². The number of fused-ring (bicyclic) bond motifs is 1. The van der Waals surface area contributed by atoms with Gasteiger partial charge in [0.1, 0.15) is 5.78 Å². The summed E-state index contributed by atoms with van der Waals surface area (Å²) in [5, 5.41) is 3.39. The molecule has 2 atom stereocenters. The Hall–Kier alpha value is -1.15. The van der Waals surface area contributed by atoms with Crippen molar-refractivity contribution >= 4 is 5.78 Å². The molecule has 0 saturated carbocycles. The van der Waals surface area contributed by atoms with Crippen molar-refractivity contribution in [2.24, 2.45) is 5.92 Å². The van der Waals surface area contributed by atoms with Gasteiger partial charge in [0, 0.05) is 19.5 Å². The smallest absolute Gasteiger partial charge is 0.141 e. The fourth-order valence-corrected chi connectivity index (χ4v) is 3.15. The first-order valence-corrected chi connectivity index (χ1v) is 8.07. The summed E-state index contributed by atoms with van der Waals surface area (Å²) in [5.74, 6) is 1.06. The van der Waals surface area contributed by atoms with Crippen LogP contribution in [-0.2, 0) is 11.3 Å². The molecule has 0 bridgehead atoms. The molecule has 2 nitrogen and oxygen atoms in total. The molecule has 1 heterocycles. The number of ketones is 1. The van der Waals surface area contributed by atoms with Crippen LogP contribution in [0.4, 0.5) is 0 Å². The molecule has 1 aliphatic heterocycles. The van der Waals surface area contributed by atoms with Gasteiger partial charge in [-0.15, -0.1) is 0 Å². The Kier molecular flexibility index (Phi) is 5.78. The fraction of sp³-hybridized carbons (Fsp3) is 0.611. The van der Waals surface area contributed by atoms with Crippen molar-refractivity contribution in [2.45, 2.75) is 58.4 Å². The third-order valence-corrected chi connectivity index (χ3v) is 4.52. The van der Waals surface area contributed by atoms with Crippen LogP contribution in [0.1, 0.15) is 63.0 Å². The molecular formula is C18H27NO. The predicted octanol–water partition coefficient (Wildman–Crippen LogP) is 4.05. The highest BCUT2D eigenvalue weighted by Gasteiger charge is 2.27. The Morgan fingerprint density at radius 3 is 2.90 bits per heavy atom. The molecule has 0 aliphatic carbocycles. The number of nitrogens with one attached hydrogen (secondary N) is 1. The quantitative estimate of drug-likeness (QED) is 0.812. The van der Waals surface area contributed by atoms with Gasteiger partial charge >= 0.3 is 0 Å². The van der Waals surface area contributed by atoms with Crippen molar-refractivity contribution in [2.75, 3.05) is 6.54 Å². The topological polar surface area (TPSA) is 29.1 Å². The molecule has 2 unspecified atom stereocenters. The van der Waals surface area contributed by atoms with Crippen molar-refractivity contribution in [3.8, 4) is 0 Å². The Morgan fingerprint density at radius 1 is 1.35 bits per heavy atom. The summed E-state index contributed by atoms with van der Waals surface area (Å²) in [6.45, 7) is 6.13. The number of rotatable bonds is 7. The number of carbonyl (C=O) groups is 1. The van der Waals surface area contributed by atoms with E-state index in [0.29, 0.717) is 11.7 Å². The normalized spacial score (nSPS) is 19.4. The van der Waals surface area contributed by atoms with E-state index in [1.165, 1.54) is 30.4 Å². The van der Waals surface area contributed by atoms with E-state index >= 15 is 0 Å². The third kappa shape index (κ3) is 3.69. The summed E-state index contributed by atoms with van der Waals surface area (Å²) in [4.78, 5) is 12.7. The minimum Gasteiger partial charge on any atom is -0.312 e. The van der Waals surface area contributed by atoms with Gasteiger partial charge in [-0.3, -0.25) is 4.79 Å². The van der Waals surface area contributed by atoms with Gasteiger partial charge in [-0.25, -0.2) is 0 Å². The first-order valence-electron chi connectivity index (χ1n) is 8.07. The molecule has 0 radical (unpaired) electrons. The van der Waals surface area contributed by atoms with Crippen molar-refractivity contribution in [1.82, 2.24) is 5.32 Å². The highest BCUT2D eigenvalue weighted by atomic mass is 16.1. The van der Waals surface area contributed by atoms with Crippen LogP contribution in [-0.4, -0.2) is 12.3 Å². The molecule has 0 spiro atoms. The zero-order valence-electron chi connectivity index (χ0n) is 12.8. The lowest BCUT2D eigenvalue weighted by atomic mass is 9.83. The third-order valence-electron chi connectivity index (χ3n) is 4.52. The van der Waals surface area contributed by atoms with E-state index in [9.17, 15) is 4.79 Å². The zero-order chi connectivity index (χ0) is 14.4. The molecular weight excluding hydrogens is 246 g/mol. The number of unbranched alkanes of at least 4 members (excludes halogenated alkanes) is 1. The van der Waals surface area contributed by atoms with Crippen molar-refractivity contribution < 1.29 is 4.79 Å². The monoisotopic (exact) mass is 273 g/mol. The molecule has 2 heteroatoms. The Labute approximate surface area is 123 Å². The second-order valence-electron chi connectivity index (χ2n) is 5.97. The maximum Gasteiger partial charge on any atom is 0.141 e. The van der Waals surface area contributed by atoms with Crippen molar-refractivity contribution in [1.29, 1.82) is 0 Å². The summed E-state index contributed by atoms with van der Waals surface area (Å²) in [6.07, 6.45) is 5.52. The van der Waals surface area contributed by atoms with Gasteiger partial charge in [0.05, 0.1) is 5.92 Å². The van der Waals surface area contributed by atoms with Gasteiger partial charge in [0.15, 0.2) is 0 Å². The summed E-state index contributed by atoms with van der Waals surface area (Å²) in [6, 6.07) is 8.38. The predicted molar refractivity (Wildman–Crippen MR) is 83.8 cm³/mol. The molecule has 0 fully saturated rings. The number of hydrogen-bond acceptors (Lipinski definition) is 2. The first kappa shape index (κ1) is 15.2. The van der Waals surface area contributed by atoms with E-state index in [0.717, 1.165) is 25.9 Å². The lowest BCUT2D eigenvalue weighted by molar-refractivity contribution is -0.121. The lowest BCUT2D eigenvalue weighted by Gasteiger charge is -2.26. The molecule has 20 heavy (non-hydrogen) atoms. The van der Waals surface area contributed by atoms with Crippen LogP contribution in [0.2, 0.25) is 0 Å². The van der Waals surface area contributed by atoms with Crippen LogP contribution in [0.5, 0.6) is 0 Å². The van der Waals surface area contributed by atoms with E-state index in [2.05, 4.69) is 43.4 Å². The van der Waals surface area contributed by atoms with E-state index in [-0.39, 0.29) is 5.92 Å². The van der Waals surface area contributed by atoms with E-state index in [1.807, 2.05) is 0 Å². The summed E-state index contributed by atoms with van der Waals surface area (Å²) < 4.78 is 0. The molecule has 1 aromatic carbocycles. The highest BCUT2D eigenvalue weighted by molar-refractivity contribution is 5.86. The molecule has 1 aliphatic rings. The molecule has 0 saturated heterocycles. The van der Waals surface area contributed by atoms with E-state index in [1.54, 1.807) is 0 Å². The SMILES string of the molecule is CCCCC(CC)CC(=O)C1CNCc2ccccc21. The van der Waals surface area contributed by atoms with Gasteiger partial charge in [-0.2, -0.15) is 0 Å². The van der Waals surface area contributed by atoms with Gasteiger partial charge in [-0.1, -0.05) is 63.8 Å². The number of benzene rings is 1. The standard InChI is InChI=1S/C18H27NO/c1-3-5-8-14(4-2)11-18(20)17-13-19-12-15-9-6-7-10-16(15)17/h6-7,9-10,14,17,19H,3-5,8,11-13H2,1-2H3. The van der Waals surface area contributed by atoms with Crippen LogP contribution in [0.15, 0.2) is 24.3 Å². The Bertz CT molecular complexity index is 441. The minimum atomic E-state index is 0.0654. The zero-order valence-corrected chi connectivity index (χ0v) is 12.8. The number of hydrogen-bond donors (Lipinski definition) is 1. The molecule has 1 aromatic rings. The van der Waals surface area contributed by atoms with Crippen molar-refractivity contribution in [3.63, 3.8) is 0 Å². The summed E-state index contributed by atoms with van der Waals surface area (Å²) in [5.41, 5.74) is 2.54. The largest absolute Gasteiger partial charge is 0.312 e. The van der Waals surface area contributed by atoms with Crippen molar-refractivity contribution in [3.05, 3.63) is 35.4 Å². The van der Waals surface area contributed by atoms with Gasteiger partial charge in [0.25, 0.3) is 0 Å². The average molecular weight is 273 g/mol. The number of Topliss-reactive ketones (excluding diaryl/α,β-unsaturated/α-hetero) is 1. The second-order valence-corrected chi connectivity index (χ2v) is 5.97. The molecule has 0 aromatic heterocycles. The maximum absolute atomic E-state index is 12.7. The van der Waals surface area contributed by atoms with Crippen LogP contribution >= 0.6 is 0 Å². The minimum absolute atomic E-state index is 0.0654. The average Bonchev–Trinajstić information content (AvgIpc) is 2.50. The summed E-state index contributed by atoms with van der Waals surface area (Å²) >= 11 is 0. The Balaban J connectivity index is 2.03. The molecule has 0 amide bonds. The maximum atomic E-state index is 12.7. The van der Waals surface area contributed by atoms with E-state index < -0.39 is 0 Å². The first-order chi connectivity index (χ1) is 9.76. The Morgan fingerprint density at radius 2 is 2.15 bits per heavy atom. The summed E-state index contributed by atoms with van der Waals surface area (Å²) in [7, 11) is 0.